The summed E-state index contributed by atoms with van der Waals surface area (Å²) in [5.74, 6) is -0.0643. The molecule has 0 bridgehead atoms. The molecule has 0 aliphatic carbocycles. The number of phenolic OH excluding ortho intramolecular Hbond substituents is 2. The number of allylic oxidation sites excluding steroid dienone is 2. The first-order chi connectivity index (χ1) is 14.5. The minimum Gasteiger partial charge on any atom is -0.504 e. The zero-order valence-electron chi connectivity index (χ0n) is 16.1. The lowest BCUT2D eigenvalue weighted by atomic mass is 10.1. The molecule has 150 valence electrons. The van der Waals surface area contributed by atoms with Crippen LogP contribution in [0.3, 0.4) is 0 Å². The van der Waals surface area contributed by atoms with Crippen LogP contribution in [0.2, 0.25) is 0 Å². The molecule has 9 nitrogen and oxygen atoms in total. The zero-order valence-corrected chi connectivity index (χ0v) is 16.1. The van der Waals surface area contributed by atoms with Crippen LogP contribution < -0.4 is 14.8 Å². The predicted molar refractivity (Wildman–Crippen MR) is 107 cm³/mol. The van der Waals surface area contributed by atoms with Crippen molar-refractivity contribution >= 4 is 6.21 Å². The van der Waals surface area contributed by atoms with Gasteiger partial charge in [0.2, 0.25) is 0 Å². The summed E-state index contributed by atoms with van der Waals surface area (Å²) in [4.78, 5) is 3.95. The molecule has 0 aromatic heterocycles. The van der Waals surface area contributed by atoms with E-state index in [1.54, 1.807) is 36.4 Å². The molecule has 0 fully saturated rings. The quantitative estimate of drug-likeness (QED) is 0.471. The number of nitrogens with zero attached hydrogens (tertiary/aromatic N) is 4. The van der Waals surface area contributed by atoms with Gasteiger partial charge in [0.25, 0.3) is 0 Å². The fourth-order valence-corrected chi connectivity index (χ4v) is 2.51. The van der Waals surface area contributed by atoms with Crippen LogP contribution >= 0.6 is 0 Å². The molecule has 1 atom stereocenters. The Morgan fingerprint density at radius 2 is 1.63 bits per heavy atom. The van der Waals surface area contributed by atoms with Crippen LogP contribution in [-0.4, -0.2) is 30.6 Å². The number of nitrogens with one attached hydrogen (secondary N) is 1. The van der Waals surface area contributed by atoms with Gasteiger partial charge in [-0.25, -0.2) is 4.99 Å². The van der Waals surface area contributed by atoms with E-state index >= 15 is 0 Å². The number of phenols is 2. The van der Waals surface area contributed by atoms with E-state index in [0.717, 1.165) is 0 Å². The van der Waals surface area contributed by atoms with E-state index < -0.39 is 6.04 Å². The maximum atomic E-state index is 10.3. The Bertz CT molecular complexity index is 1120. The summed E-state index contributed by atoms with van der Waals surface area (Å²) in [7, 11) is 2.76. The summed E-state index contributed by atoms with van der Waals surface area (Å²) >= 11 is 0. The van der Waals surface area contributed by atoms with Gasteiger partial charge >= 0.3 is 0 Å². The Labute approximate surface area is 173 Å². The second-order valence-corrected chi connectivity index (χ2v) is 5.71. The molecule has 0 amide bonds. The van der Waals surface area contributed by atoms with Crippen molar-refractivity contribution in [2.24, 2.45) is 4.99 Å². The number of aromatic hydroxyl groups is 2. The largest absolute Gasteiger partial charge is 0.504 e. The van der Waals surface area contributed by atoms with Crippen molar-refractivity contribution in [1.29, 1.82) is 15.8 Å². The molecule has 0 saturated carbocycles. The highest BCUT2D eigenvalue weighted by molar-refractivity contribution is 5.85. The molecule has 0 aliphatic heterocycles. The standard InChI is InChI=1S/C21H17N5O4/c1-29-18-7-3-5-13(20(18)27)12-25-16(10-23)17(11-24)26-15(9-22)14-6-4-8-19(30-2)21(14)28/h3-8,12,15,26-28H,1-2H3/b17-16-,25-12?. The van der Waals surface area contributed by atoms with Crippen molar-refractivity contribution in [1.82, 2.24) is 5.32 Å². The summed E-state index contributed by atoms with van der Waals surface area (Å²) in [6, 6.07) is 13.6. The second kappa shape index (κ2) is 10.0. The smallest absolute Gasteiger partial charge is 0.174 e. The molecule has 0 spiro atoms. The third kappa shape index (κ3) is 4.59. The molecule has 2 rings (SSSR count). The van der Waals surface area contributed by atoms with Gasteiger partial charge in [-0.1, -0.05) is 18.2 Å². The number of methoxy groups -OCH3 is 2. The van der Waals surface area contributed by atoms with Gasteiger partial charge in [-0.15, -0.1) is 0 Å². The monoisotopic (exact) mass is 403 g/mol. The Kier molecular flexibility index (Phi) is 7.22. The van der Waals surface area contributed by atoms with Gasteiger partial charge in [0.05, 0.1) is 20.3 Å². The predicted octanol–water partition coefficient (Wildman–Crippen LogP) is 2.65. The first-order valence-electron chi connectivity index (χ1n) is 8.47. The number of rotatable bonds is 7. The Hall–Kier alpha value is -4.68. The normalized spacial score (nSPS) is 12.1. The average molecular weight is 403 g/mol. The third-order valence-electron chi connectivity index (χ3n) is 4.02. The third-order valence-corrected chi connectivity index (χ3v) is 4.02. The number of benzene rings is 2. The van der Waals surface area contributed by atoms with Crippen LogP contribution in [0.5, 0.6) is 23.0 Å². The molecule has 9 heteroatoms. The first kappa shape index (κ1) is 21.6. The Morgan fingerprint density at radius 3 is 2.20 bits per heavy atom. The van der Waals surface area contributed by atoms with E-state index in [4.69, 9.17) is 9.47 Å². The maximum absolute atomic E-state index is 10.3. The number of nitriles is 3. The van der Waals surface area contributed by atoms with Gasteiger partial charge in [-0.2, -0.15) is 15.8 Å². The fourth-order valence-electron chi connectivity index (χ4n) is 2.51. The summed E-state index contributed by atoms with van der Waals surface area (Å²) < 4.78 is 10.0. The summed E-state index contributed by atoms with van der Waals surface area (Å²) in [5.41, 5.74) is -0.176. The van der Waals surface area contributed by atoms with Crippen LogP contribution in [-0.2, 0) is 0 Å². The molecule has 3 N–H and O–H groups in total. The van der Waals surface area contributed by atoms with E-state index in [-0.39, 0.29) is 45.5 Å². The molecule has 1 unspecified atom stereocenters. The van der Waals surface area contributed by atoms with E-state index in [2.05, 4.69) is 10.3 Å². The average Bonchev–Trinajstić information content (AvgIpc) is 2.77. The zero-order chi connectivity index (χ0) is 22.1. The lowest BCUT2D eigenvalue weighted by Gasteiger charge is -2.15. The van der Waals surface area contributed by atoms with Gasteiger partial charge in [0.15, 0.2) is 34.4 Å². The molecule has 0 saturated heterocycles. The minimum absolute atomic E-state index is 0.157. The SMILES string of the molecule is COc1cccc(C=N/C(C#N)=C(/C#N)NC(C#N)c2cccc(OC)c2O)c1O. The lowest BCUT2D eigenvalue weighted by Crippen LogP contribution is -2.20. The highest BCUT2D eigenvalue weighted by atomic mass is 16.5. The van der Waals surface area contributed by atoms with Gasteiger partial charge in [-0.05, 0) is 18.2 Å². The molecular formula is C21H17N5O4. The van der Waals surface area contributed by atoms with Crippen LogP contribution in [0.1, 0.15) is 17.2 Å². The highest BCUT2D eigenvalue weighted by Gasteiger charge is 2.20. The number of aliphatic imine (C=N–C) groups is 1. The number of hydrogen-bond acceptors (Lipinski definition) is 9. The van der Waals surface area contributed by atoms with Crippen molar-refractivity contribution in [3.05, 3.63) is 58.9 Å². The van der Waals surface area contributed by atoms with E-state index in [1.165, 1.54) is 32.6 Å². The van der Waals surface area contributed by atoms with Crippen molar-refractivity contribution in [2.75, 3.05) is 14.2 Å². The molecular weight excluding hydrogens is 386 g/mol. The van der Waals surface area contributed by atoms with Crippen LogP contribution in [0.25, 0.3) is 0 Å². The highest BCUT2D eigenvalue weighted by Crippen LogP contribution is 2.33. The maximum Gasteiger partial charge on any atom is 0.174 e. The first-order valence-corrected chi connectivity index (χ1v) is 8.47. The van der Waals surface area contributed by atoms with Crippen LogP contribution in [0, 0.1) is 34.0 Å². The molecule has 0 heterocycles. The lowest BCUT2D eigenvalue weighted by molar-refractivity contribution is 0.369. The Morgan fingerprint density at radius 1 is 1.00 bits per heavy atom. The number of para-hydroxylation sites is 2. The molecule has 0 radical (unpaired) electrons. The van der Waals surface area contributed by atoms with Crippen molar-refractivity contribution < 1.29 is 19.7 Å². The van der Waals surface area contributed by atoms with Crippen molar-refractivity contribution in [2.45, 2.75) is 6.04 Å². The topological polar surface area (TPSA) is 155 Å². The van der Waals surface area contributed by atoms with Gasteiger partial charge in [-0.3, -0.25) is 0 Å². The van der Waals surface area contributed by atoms with Gasteiger partial charge in [0.1, 0.15) is 18.2 Å². The molecule has 2 aromatic rings. The van der Waals surface area contributed by atoms with E-state index in [0.29, 0.717) is 0 Å². The van der Waals surface area contributed by atoms with Crippen LogP contribution in [0.4, 0.5) is 0 Å². The van der Waals surface area contributed by atoms with Crippen LogP contribution in [0.15, 0.2) is 52.8 Å². The summed E-state index contributed by atoms with van der Waals surface area (Å²) in [6.45, 7) is 0. The molecule has 30 heavy (non-hydrogen) atoms. The number of hydrogen-bond donors (Lipinski definition) is 3. The molecule has 0 aliphatic rings. The van der Waals surface area contributed by atoms with Gasteiger partial charge < -0.3 is 25.0 Å². The molecule has 2 aromatic carbocycles. The second-order valence-electron chi connectivity index (χ2n) is 5.71. The minimum atomic E-state index is -1.15. The van der Waals surface area contributed by atoms with Crippen molar-refractivity contribution in [3.63, 3.8) is 0 Å². The Balaban J connectivity index is 2.41. The fraction of sp³-hybridized carbons (Fsp3) is 0.143. The van der Waals surface area contributed by atoms with E-state index in [1.807, 2.05) is 6.07 Å². The summed E-state index contributed by atoms with van der Waals surface area (Å²) in [5, 5.41) is 51.3. The van der Waals surface area contributed by atoms with Crippen molar-refractivity contribution in [3.8, 4) is 41.2 Å². The van der Waals surface area contributed by atoms with Gasteiger partial charge in [0, 0.05) is 17.3 Å². The van der Waals surface area contributed by atoms with E-state index in [9.17, 15) is 26.0 Å². The summed E-state index contributed by atoms with van der Waals surface area (Å²) in [6.07, 6.45) is 1.19. The number of ether oxygens (including phenoxy) is 2.